The van der Waals surface area contributed by atoms with Crippen molar-refractivity contribution in [1.82, 2.24) is 20.4 Å². The van der Waals surface area contributed by atoms with E-state index in [2.05, 4.69) is 15.5 Å². The Morgan fingerprint density at radius 1 is 1.23 bits per heavy atom. The summed E-state index contributed by atoms with van der Waals surface area (Å²) in [4.78, 5) is 27.8. The normalized spacial score (nSPS) is 30.0. The van der Waals surface area contributed by atoms with Crippen molar-refractivity contribution in [3.05, 3.63) is 42.1 Å². The third-order valence-electron chi connectivity index (χ3n) is 6.50. The van der Waals surface area contributed by atoms with Gasteiger partial charge in [0.1, 0.15) is 5.69 Å². The Morgan fingerprint density at radius 2 is 2.08 bits per heavy atom. The van der Waals surface area contributed by atoms with E-state index in [0.29, 0.717) is 18.8 Å². The second kappa shape index (κ2) is 5.69. The number of aromatic amines is 1. The molecule has 6 heteroatoms. The molecule has 1 spiro atoms. The van der Waals surface area contributed by atoms with Gasteiger partial charge in [-0.3, -0.25) is 14.7 Å². The second-order valence-corrected chi connectivity index (χ2v) is 7.70. The molecule has 2 N–H and O–H groups in total. The summed E-state index contributed by atoms with van der Waals surface area (Å²) >= 11 is 0. The fraction of sp³-hybridized carbons (Fsp3) is 0.450. The lowest BCUT2D eigenvalue weighted by molar-refractivity contribution is -0.131. The Kier molecular flexibility index (Phi) is 3.42. The predicted molar refractivity (Wildman–Crippen MR) is 96.2 cm³/mol. The van der Waals surface area contributed by atoms with E-state index in [1.165, 1.54) is 0 Å². The summed E-state index contributed by atoms with van der Waals surface area (Å²) < 4.78 is 0. The molecule has 1 aliphatic carbocycles. The van der Waals surface area contributed by atoms with Crippen LogP contribution in [0.15, 0.2) is 36.4 Å². The molecule has 1 aromatic heterocycles. The minimum Gasteiger partial charge on any atom is -0.355 e. The van der Waals surface area contributed by atoms with Crippen LogP contribution in [0.3, 0.4) is 0 Å². The maximum atomic E-state index is 13.2. The van der Waals surface area contributed by atoms with Crippen molar-refractivity contribution in [2.24, 2.45) is 11.3 Å². The third-order valence-corrected chi connectivity index (χ3v) is 6.50. The van der Waals surface area contributed by atoms with Crippen molar-refractivity contribution < 1.29 is 9.59 Å². The highest BCUT2D eigenvalue weighted by molar-refractivity contribution is 5.96. The highest BCUT2D eigenvalue weighted by Crippen LogP contribution is 2.52. The van der Waals surface area contributed by atoms with Gasteiger partial charge in [0.15, 0.2) is 0 Å². The van der Waals surface area contributed by atoms with Crippen LogP contribution in [0.4, 0.5) is 0 Å². The number of carbonyl (C=O) groups is 2. The first-order chi connectivity index (χ1) is 12.7. The number of nitrogens with one attached hydrogen (secondary N) is 2. The highest BCUT2D eigenvalue weighted by Gasteiger charge is 2.63. The van der Waals surface area contributed by atoms with Crippen molar-refractivity contribution >= 4 is 11.8 Å². The van der Waals surface area contributed by atoms with Crippen LogP contribution in [0.25, 0.3) is 11.3 Å². The molecule has 2 aliphatic heterocycles. The van der Waals surface area contributed by atoms with Gasteiger partial charge in [0.05, 0.1) is 11.1 Å². The minimum absolute atomic E-state index is 0.0136. The van der Waals surface area contributed by atoms with E-state index in [-0.39, 0.29) is 29.2 Å². The molecule has 3 aliphatic rings. The fourth-order valence-electron chi connectivity index (χ4n) is 5.26. The standard InChI is InChI=1S/C20H22N4O2/c25-18(16-10-15(22-23-16)13-6-2-1-3-7-13)24-12-14-11-21-19(26)20(14)9-5-4-8-17(20)24/h1-3,6-7,10,14,17H,4-5,8-9,11-12H2,(H,21,26)(H,22,23). The number of H-pyrrole nitrogens is 1. The summed E-state index contributed by atoms with van der Waals surface area (Å²) in [6.07, 6.45) is 3.96. The number of nitrogens with zero attached hydrogens (tertiary/aromatic N) is 2. The average molecular weight is 350 g/mol. The zero-order valence-corrected chi connectivity index (χ0v) is 14.6. The maximum Gasteiger partial charge on any atom is 0.272 e. The SMILES string of the molecule is O=C(c1cc(-c2ccccc2)n[nH]1)N1CC2CNC(=O)C23CCCCC13. The van der Waals surface area contributed by atoms with Crippen LogP contribution < -0.4 is 5.32 Å². The van der Waals surface area contributed by atoms with Gasteiger partial charge in [-0.2, -0.15) is 5.10 Å². The van der Waals surface area contributed by atoms with Gasteiger partial charge >= 0.3 is 0 Å². The summed E-state index contributed by atoms with van der Waals surface area (Å²) in [7, 11) is 0. The number of amides is 2. The molecule has 134 valence electrons. The predicted octanol–water partition coefficient (Wildman–Crippen LogP) is 2.21. The van der Waals surface area contributed by atoms with E-state index in [4.69, 9.17) is 0 Å². The van der Waals surface area contributed by atoms with Crippen LogP contribution in [0.1, 0.15) is 36.2 Å². The second-order valence-electron chi connectivity index (χ2n) is 7.70. The number of aromatic nitrogens is 2. The number of carbonyl (C=O) groups excluding carboxylic acids is 2. The first-order valence-electron chi connectivity index (χ1n) is 9.40. The minimum atomic E-state index is -0.365. The molecule has 26 heavy (non-hydrogen) atoms. The van der Waals surface area contributed by atoms with E-state index < -0.39 is 0 Å². The molecule has 2 aromatic rings. The van der Waals surface area contributed by atoms with E-state index in [1.807, 2.05) is 41.3 Å². The number of hydrogen-bond acceptors (Lipinski definition) is 3. The van der Waals surface area contributed by atoms with Crippen molar-refractivity contribution in [3.8, 4) is 11.3 Å². The van der Waals surface area contributed by atoms with Crippen LogP contribution in [0, 0.1) is 11.3 Å². The lowest BCUT2D eigenvalue weighted by Gasteiger charge is -2.39. The zero-order valence-electron chi connectivity index (χ0n) is 14.6. The molecular weight excluding hydrogens is 328 g/mol. The molecule has 0 bridgehead atoms. The van der Waals surface area contributed by atoms with Gasteiger partial charge in [0.2, 0.25) is 5.91 Å². The topological polar surface area (TPSA) is 78.1 Å². The first kappa shape index (κ1) is 15.6. The van der Waals surface area contributed by atoms with Crippen LogP contribution in [0.5, 0.6) is 0 Å². The van der Waals surface area contributed by atoms with Crippen molar-refractivity contribution in [1.29, 1.82) is 0 Å². The summed E-state index contributed by atoms with van der Waals surface area (Å²) in [5, 5.41) is 10.3. The maximum absolute atomic E-state index is 13.2. The Labute approximate surface area is 152 Å². The Hall–Kier alpha value is -2.63. The van der Waals surface area contributed by atoms with E-state index in [0.717, 1.165) is 36.9 Å². The molecular formula is C20H22N4O2. The van der Waals surface area contributed by atoms with E-state index >= 15 is 0 Å². The molecule has 1 aromatic carbocycles. The Morgan fingerprint density at radius 3 is 2.92 bits per heavy atom. The van der Waals surface area contributed by atoms with Gasteiger partial charge in [-0.25, -0.2) is 0 Å². The third kappa shape index (κ3) is 2.08. The van der Waals surface area contributed by atoms with Crippen LogP contribution in [-0.4, -0.2) is 46.0 Å². The van der Waals surface area contributed by atoms with Crippen molar-refractivity contribution in [2.75, 3.05) is 13.1 Å². The molecule has 0 radical (unpaired) electrons. The number of likely N-dealkylation sites (tertiary alicyclic amines) is 1. The first-order valence-corrected chi connectivity index (χ1v) is 9.40. The van der Waals surface area contributed by atoms with Gasteiger partial charge < -0.3 is 10.2 Å². The highest BCUT2D eigenvalue weighted by atomic mass is 16.2. The largest absolute Gasteiger partial charge is 0.355 e. The van der Waals surface area contributed by atoms with Gasteiger partial charge in [-0.15, -0.1) is 0 Å². The van der Waals surface area contributed by atoms with E-state index in [9.17, 15) is 9.59 Å². The lowest BCUT2D eigenvalue weighted by atomic mass is 9.67. The summed E-state index contributed by atoms with van der Waals surface area (Å²) in [6, 6.07) is 11.7. The molecule has 3 heterocycles. The molecule has 1 saturated carbocycles. The van der Waals surface area contributed by atoms with Crippen molar-refractivity contribution in [3.63, 3.8) is 0 Å². The van der Waals surface area contributed by atoms with Crippen molar-refractivity contribution in [2.45, 2.75) is 31.7 Å². The molecule has 3 atom stereocenters. The fourth-order valence-corrected chi connectivity index (χ4v) is 5.26. The molecule has 3 unspecified atom stereocenters. The lowest BCUT2D eigenvalue weighted by Crippen LogP contribution is -2.50. The zero-order chi connectivity index (χ0) is 17.7. The molecule has 3 fully saturated rings. The summed E-state index contributed by atoms with van der Waals surface area (Å²) in [5.74, 6) is 0.353. The van der Waals surface area contributed by atoms with Crippen LogP contribution >= 0.6 is 0 Å². The number of hydrogen-bond donors (Lipinski definition) is 2. The van der Waals surface area contributed by atoms with Crippen LogP contribution in [-0.2, 0) is 4.79 Å². The Balaban J connectivity index is 1.45. The number of rotatable bonds is 2. The van der Waals surface area contributed by atoms with Gasteiger partial charge in [-0.1, -0.05) is 43.2 Å². The molecule has 2 saturated heterocycles. The van der Waals surface area contributed by atoms with Gasteiger partial charge in [-0.05, 0) is 18.9 Å². The number of benzene rings is 1. The van der Waals surface area contributed by atoms with E-state index in [1.54, 1.807) is 0 Å². The molecule has 2 amide bonds. The monoisotopic (exact) mass is 350 g/mol. The molecule has 6 nitrogen and oxygen atoms in total. The smallest absolute Gasteiger partial charge is 0.272 e. The summed E-state index contributed by atoms with van der Waals surface area (Å²) in [6.45, 7) is 1.35. The molecule has 5 rings (SSSR count). The average Bonchev–Trinajstić information content (AvgIpc) is 3.36. The van der Waals surface area contributed by atoms with Gasteiger partial charge in [0, 0.05) is 30.6 Å². The van der Waals surface area contributed by atoms with Crippen LogP contribution in [0.2, 0.25) is 0 Å². The quantitative estimate of drug-likeness (QED) is 0.872. The summed E-state index contributed by atoms with van der Waals surface area (Å²) in [5.41, 5.74) is 1.89. The Bertz CT molecular complexity index is 862. The van der Waals surface area contributed by atoms with Gasteiger partial charge in [0.25, 0.3) is 5.91 Å².